The molecule has 3 aliphatic rings. The maximum Gasteiger partial charge on any atom is 0.338 e. The lowest BCUT2D eigenvalue weighted by atomic mass is 9.80. The molecule has 198 valence electrons. The quantitative estimate of drug-likeness (QED) is 0.492. The van der Waals surface area contributed by atoms with Crippen LogP contribution in [0.15, 0.2) is 46.0 Å². The Morgan fingerprint density at radius 1 is 1.27 bits per heavy atom. The van der Waals surface area contributed by atoms with Crippen LogP contribution in [0, 0.1) is 11.7 Å². The number of allylic oxidation sites excluding steroid dienone is 1. The van der Waals surface area contributed by atoms with Gasteiger partial charge in [-0.05, 0) is 43.7 Å². The Morgan fingerprint density at radius 2 is 2.03 bits per heavy atom. The Kier molecular flexibility index (Phi) is 7.64. The number of esters is 1. The number of hydrogen-bond acceptors (Lipinski definition) is 9. The van der Waals surface area contributed by atoms with Crippen molar-refractivity contribution < 1.29 is 27.1 Å². The third-order valence-corrected chi connectivity index (χ3v) is 9.80. The third kappa shape index (κ3) is 5.44. The lowest BCUT2D eigenvalue weighted by Crippen LogP contribution is -2.50. The molecule has 2 fully saturated rings. The summed E-state index contributed by atoms with van der Waals surface area (Å²) in [6, 6.07) is 2.97. The fourth-order valence-corrected chi connectivity index (χ4v) is 7.14. The van der Waals surface area contributed by atoms with Crippen molar-refractivity contribution in [1.82, 2.24) is 15.0 Å². The first-order valence-electron chi connectivity index (χ1n) is 11.9. The van der Waals surface area contributed by atoms with E-state index in [-0.39, 0.29) is 30.2 Å². The molecule has 0 spiro atoms. The minimum Gasteiger partial charge on any atom is -0.466 e. The molecule has 9 nitrogen and oxygen atoms in total. The van der Waals surface area contributed by atoms with Crippen molar-refractivity contribution in [2.75, 3.05) is 20.3 Å². The highest BCUT2D eigenvalue weighted by atomic mass is 35.5. The number of sulfonamides is 1. The Hall–Kier alpha value is -2.38. The van der Waals surface area contributed by atoms with Gasteiger partial charge >= 0.3 is 5.97 Å². The molecule has 37 heavy (non-hydrogen) atoms. The van der Waals surface area contributed by atoms with Gasteiger partial charge in [-0.1, -0.05) is 17.7 Å². The average Bonchev–Trinajstić information content (AvgIpc) is 3.37. The van der Waals surface area contributed by atoms with Crippen molar-refractivity contribution in [3.8, 4) is 0 Å². The summed E-state index contributed by atoms with van der Waals surface area (Å²) in [5.74, 6) is -0.669. The molecule has 13 heteroatoms. The molecule has 2 aromatic rings. The van der Waals surface area contributed by atoms with Gasteiger partial charge in [-0.15, -0.1) is 11.3 Å². The second kappa shape index (κ2) is 10.8. The normalized spacial score (nSPS) is 24.7. The molecule has 5 rings (SSSR count). The molecule has 3 heterocycles. The molecular formula is C24H26ClFN4O5S2. The van der Waals surface area contributed by atoms with Crippen molar-refractivity contribution in [1.29, 1.82) is 0 Å². The number of aliphatic imine (C=N–C) groups is 1. The molecule has 1 aromatic heterocycles. The zero-order chi connectivity index (χ0) is 26.2. The van der Waals surface area contributed by atoms with Gasteiger partial charge in [-0.2, -0.15) is 0 Å². The highest BCUT2D eigenvalue weighted by Crippen LogP contribution is 2.41. The number of thiazole rings is 1. The molecule has 1 unspecified atom stereocenters. The van der Waals surface area contributed by atoms with E-state index < -0.39 is 33.1 Å². The summed E-state index contributed by atoms with van der Waals surface area (Å²) >= 11 is 7.80. The summed E-state index contributed by atoms with van der Waals surface area (Å²) in [7, 11) is -2.14. The molecule has 0 amide bonds. The highest BCUT2D eigenvalue weighted by molar-refractivity contribution is 7.90. The van der Waals surface area contributed by atoms with E-state index in [1.807, 2.05) is 5.38 Å². The van der Waals surface area contributed by atoms with E-state index in [1.54, 1.807) is 6.20 Å². The molecule has 1 aromatic carbocycles. The SMILES string of the molecule is COC(=O)C1=C([C@H]2CC[C@H](NS(=O)(=O)C3COC3)CC2)NC(c2nccs2)=NC1c1ccc(F)cc1Cl. The van der Waals surface area contributed by atoms with Crippen molar-refractivity contribution in [2.45, 2.75) is 43.0 Å². The Bertz CT molecular complexity index is 1340. The number of rotatable bonds is 7. The van der Waals surface area contributed by atoms with Crippen molar-refractivity contribution >= 4 is 44.8 Å². The number of hydrogen-bond donors (Lipinski definition) is 2. The molecule has 0 bridgehead atoms. The van der Waals surface area contributed by atoms with Crippen LogP contribution in [-0.4, -0.2) is 56.8 Å². The van der Waals surface area contributed by atoms with E-state index in [4.69, 9.17) is 26.1 Å². The van der Waals surface area contributed by atoms with E-state index in [0.717, 1.165) is 0 Å². The van der Waals surface area contributed by atoms with Crippen LogP contribution in [-0.2, 0) is 24.3 Å². The van der Waals surface area contributed by atoms with Gasteiger partial charge < -0.3 is 14.8 Å². The number of nitrogens with zero attached hydrogens (tertiary/aromatic N) is 2. The third-order valence-electron chi connectivity index (χ3n) is 6.88. The van der Waals surface area contributed by atoms with Crippen LogP contribution in [0.2, 0.25) is 5.02 Å². The monoisotopic (exact) mass is 568 g/mol. The van der Waals surface area contributed by atoms with E-state index in [0.29, 0.717) is 53.4 Å². The lowest BCUT2D eigenvalue weighted by Gasteiger charge is -2.36. The van der Waals surface area contributed by atoms with Crippen molar-refractivity contribution in [3.63, 3.8) is 0 Å². The fourth-order valence-electron chi connectivity index (χ4n) is 4.84. The highest BCUT2D eigenvalue weighted by Gasteiger charge is 2.39. The van der Waals surface area contributed by atoms with Gasteiger partial charge in [0.15, 0.2) is 10.8 Å². The number of benzene rings is 1. The first-order valence-corrected chi connectivity index (χ1v) is 14.7. The number of ether oxygens (including phenoxy) is 2. The second-order valence-electron chi connectivity index (χ2n) is 9.20. The van der Waals surface area contributed by atoms with Crippen molar-refractivity contribution in [2.24, 2.45) is 10.9 Å². The summed E-state index contributed by atoms with van der Waals surface area (Å²) in [6.07, 6.45) is 4.12. The van der Waals surface area contributed by atoms with E-state index >= 15 is 0 Å². The number of halogens is 2. The maximum absolute atomic E-state index is 13.8. The van der Waals surface area contributed by atoms with E-state index in [1.165, 1.54) is 36.6 Å². The molecule has 1 atom stereocenters. The minimum atomic E-state index is -3.43. The van der Waals surface area contributed by atoms with Gasteiger partial charge in [0.25, 0.3) is 0 Å². The first kappa shape index (κ1) is 26.2. The summed E-state index contributed by atoms with van der Waals surface area (Å²) in [5.41, 5.74) is 1.42. The zero-order valence-corrected chi connectivity index (χ0v) is 22.3. The topological polar surface area (TPSA) is 119 Å². The van der Waals surface area contributed by atoms with Crippen LogP contribution in [0.1, 0.15) is 42.3 Å². The molecule has 0 radical (unpaired) electrons. The largest absolute Gasteiger partial charge is 0.466 e. The predicted octanol–water partition coefficient (Wildman–Crippen LogP) is 3.33. The minimum absolute atomic E-state index is 0.0888. The Labute approximate surface area is 223 Å². The zero-order valence-electron chi connectivity index (χ0n) is 19.9. The number of carbonyl (C=O) groups excluding carboxylic acids is 1. The summed E-state index contributed by atoms with van der Waals surface area (Å²) < 4.78 is 51.9. The molecule has 2 N–H and O–H groups in total. The molecule has 1 aliphatic carbocycles. The fraction of sp³-hybridized carbons (Fsp3) is 0.458. The van der Waals surface area contributed by atoms with Gasteiger partial charge in [0.1, 0.15) is 17.1 Å². The summed E-state index contributed by atoms with van der Waals surface area (Å²) in [6.45, 7) is 0.437. The second-order valence-corrected chi connectivity index (χ2v) is 12.5. The van der Waals surface area contributed by atoms with Gasteiger partial charge in [0.05, 0.1) is 25.9 Å². The number of carbonyl (C=O) groups is 1. The standard InChI is InChI=1S/C24H26ClFN4O5S2/c1-34-24(31)19-20(13-2-5-15(6-3-13)30-37(32,33)16-11-35-12-16)28-22(23-27-8-9-36-23)29-21(19)17-7-4-14(26)10-18(17)25/h4,7-10,13,15-16,21,30H,2-3,5-6,11-12H2,1H3,(H,28,29)/t13-,15-,21?. The Balaban J connectivity index is 1.47. The summed E-state index contributed by atoms with van der Waals surface area (Å²) in [4.78, 5) is 22.2. The molecule has 1 saturated heterocycles. The van der Waals surface area contributed by atoms with Crippen LogP contribution in [0.4, 0.5) is 4.39 Å². The molecule has 1 saturated carbocycles. The van der Waals surface area contributed by atoms with Gasteiger partial charge in [-0.25, -0.2) is 27.3 Å². The average molecular weight is 569 g/mol. The molecular weight excluding hydrogens is 543 g/mol. The number of aromatic nitrogens is 1. The first-order chi connectivity index (χ1) is 17.8. The van der Waals surface area contributed by atoms with E-state index in [9.17, 15) is 17.6 Å². The van der Waals surface area contributed by atoms with Crippen LogP contribution < -0.4 is 10.0 Å². The number of nitrogens with one attached hydrogen (secondary N) is 2. The number of methoxy groups -OCH3 is 1. The van der Waals surface area contributed by atoms with Crippen LogP contribution in [0.5, 0.6) is 0 Å². The van der Waals surface area contributed by atoms with Crippen LogP contribution in [0.25, 0.3) is 0 Å². The Morgan fingerprint density at radius 3 is 2.62 bits per heavy atom. The van der Waals surface area contributed by atoms with Gasteiger partial charge in [0, 0.05) is 33.9 Å². The predicted molar refractivity (Wildman–Crippen MR) is 137 cm³/mol. The van der Waals surface area contributed by atoms with Gasteiger partial charge in [0.2, 0.25) is 10.0 Å². The van der Waals surface area contributed by atoms with Gasteiger partial charge in [-0.3, -0.25) is 4.99 Å². The number of amidine groups is 1. The molecule has 2 aliphatic heterocycles. The summed E-state index contributed by atoms with van der Waals surface area (Å²) in [5, 5.41) is 5.42. The van der Waals surface area contributed by atoms with Crippen LogP contribution in [0.3, 0.4) is 0 Å². The van der Waals surface area contributed by atoms with Crippen LogP contribution >= 0.6 is 22.9 Å². The maximum atomic E-state index is 13.8. The van der Waals surface area contributed by atoms with E-state index in [2.05, 4.69) is 15.0 Å². The lowest BCUT2D eigenvalue weighted by molar-refractivity contribution is -0.136. The van der Waals surface area contributed by atoms with Crippen molar-refractivity contribution in [3.05, 3.63) is 62.5 Å². The smallest absolute Gasteiger partial charge is 0.338 e.